The van der Waals surface area contributed by atoms with E-state index in [1.54, 1.807) is 0 Å². The summed E-state index contributed by atoms with van der Waals surface area (Å²) in [6.45, 7) is 0.612. The average molecular weight is 330 g/mol. The molecule has 25 heavy (non-hydrogen) atoms. The van der Waals surface area contributed by atoms with Crippen LogP contribution in [0.2, 0.25) is 0 Å². The lowest BCUT2D eigenvalue weighted by atomic mass is 9.55. The standard InChI is InChI=1S/C22H22N2O/c23-10-17-19-13-6-7-14(19)16-9-8-15(13)20(16)21(17)22-24-18(11-25-22)12-4-2-1-3-5-12/h1-5,13-16,18-20H,6-9,11H2/t13?,14?,15?,16?,18-,19?,20?/m0/s1. The van der Waals surface area contributed by atoms with Crippen LogP contribution in [0.5, 0.6) is 0 Å². The summed E-state index contributed by atoms with van der Waals surface area (Å²) in [5.41, 5.74) is 3.47. The fourth-order valence-electron chi connectivity index (χ4n) is 7.02. The van der Waals surface area contributed by atoms with Crippen LogP contribution in [0.4, 0.5) is 0 Å². The molecule has 7 rings (SSSR count). The van der Waals surface area contributed by atoms with Crippen LogP contribution in [0.3, 0.4) is 0 Å². The highest BCUT2D eigenvalue weighted by atomic mass is 16.5. The van der Waals surface area contributed by atoms with Crippen molar-refractivity contribution < 1.29 is 4.74 Å². The van der Waals surface area contributed by atoms with E-state index in [1.807, 2.05) is 6.07 Å². The Balaban J connectivity index is 1.45. The minimum atomic E-state index is 0.0819. The molecule has 1 aromatic carbocycles. The first-order chi connectivity index (χ1) is 12.4. The first-order valence-corrected chi connectivity index (χ1v) is 9.77. The number of allylic oxidation sites excluding steroid dienone is 1. The molecule has 0 amide bonds. The predicted molar refractivity (Wildman–Crippen MR) is 94.6 cm³/mol. The largest absolute Gasteiger partial charge is 0.475 e. The summed E-state index contributed by atoms with van der Waals surface area (Å²) in [6, 6.07) is 13.1. The van der Waals surface area contributed by atoms with Gasteiger partial charge in [0.25, 0.3) is 0 Å². The van der Waals surface area contributed by atoms with Crippen LogP contribution in [-0.2, 0) is 4.74 Å². The fraction of sp³-hybridized carbons (Fsp3) is 0.545. The molecule has 6 aliphatic rings. The number of nitrogens with zero attached hydrogens (tertiary/aromatic N) is 2. The Morgan fingerprint density at radius 2 is 1.56 bits per heavy atom. The van der Waals surface area contributed by atoms with Crippen LogP contribution in [0.25, 0.3) is 0 Å². The lowest BCUT2D eigenvalue weighted by Gasteiger charge is -2.48. The predicted octanol–water partition coefficient (Wildman–Crippen LogP) is 4.29. The number of ether oxygens (including phenoxy) is 1. The summed E-state index contributed by atoms with van der Waals surface area (Å²) >= 11 is 0. The smallest absolute Gasteiger partial charge is 0.214 e. The molecule has 1 aliphatic heterocycles. The van der Waals surface area contributed by atoms with Crippen molar-refractivity contribution in [1.82, 2.24) is 0 Å². The molecule has 5 atom stereocenters. The summed E-state index contributed by atoms with van der Waals surface area (Å²) in [4.78, 5) is 4.95. The van der Waals surface area contributed by atoms with Gasteiger partial charge in [0.05, 0.1) is 6.07 Å². The van der Waals surface area contributed by atoms with Crippen molar-refractivity contribution in [2.45, 2.75) is 31.7 Å². The summed E-state index contributed by atoms with van der Waals surface area (Å²) in [6.07, 6.45) is 5.38. The number of benzene rings is 1. The summed E-state index contributed by atoms with van der Waals surface area (Å²) < 4.78 is 6.10. The van der Waals surface area contributed by atoms with Crippen molar-refractivity contribution in [3.8, 4) is 6.07 Å². The SMILES string of the molecule is N#CC1=C(C2=N[C@H](c3ccccc3)CO2)C2C3CCC2C2CCC3C12. The monoisotopic (exact) mass is 330 g/mol. The van der Waals surface area contributed by atoms with Gasteiger partial charge in [0.1, 0.15) is 12.6 Å². The third-order valence-corrected chi connectivity index (χ3v) is 7.75. The van der Waals surface area contributed by atoms with E-state index in [1.165, 1.54) is 36.8 Å². The molecule has 6 bridgehead atoms. The maximum atomic E-state index is 9.96. The zero-order valence-corrected chi connectivity index (χ0v) is 14.3. The first kappa shape index (κ1) is 14.1. The van der Waals surface area contributed by atoms with E-state index in [2.05, 4.69) is 30.3 Å². The van der Waals surface area contributed by atoms with Crippen molar-refractivity contribution in [2.75, 3.05) is 6.61 Å². The molecule has 0 saturated heterocycles. The first-order valence-electron chi connectivity index (χ1n) is 9.77. The highest BCUT2D eigenvalue weighted by Crippen LogP contribution is 2.69. The molecule has 3 nitrogen and oxygen atoms in total. The molecule has 0 radical (unpaired) electrons. The second-order valence-corrected chi connectivity index (χ2v) is 8.47. The van der Waals surface area contributed by atoms with Crippen LogP contribution in [0.15, 0.2) is 46.5 Å². The van der Waals surface area contributed by atoms with E-state index < -0.39 is 0 Å². The lowest BCUT2D eigenvalue weighted by Crippen LogP contribution is -2.45. The van der Waals surface area contributed by atoms with E-state index in [9.17, 15) is 5.26 Å². The Morgan fingerprint density at radius 3 is 2.20 bits per heavy atom. The lowest BCUT2D eigenvalue weighted by molar-refractivity contribution is 0.0987. The minimum Gasteiger partial charge on any atom is -0.475 e. The Kier molecular flexibility index (Phi) is 2.81. The van der Waals surface area contributed by atoms with E-state index in [0.29, 0.717) is 18.4 Å². The molecule has 126 valence electrons. The molecule has 0 aromatic heterocycles. The van der Waals surface area contributed by atoms with Gasteiger partial charge in [0.2, 0.25) is 5.90 Å². The second kappa shape index (κ2) is 4.97. The second-order valence-electron chi connectivity index (χ2n) is 8.47. The highest BCUT2D eigenvalue weighted by molar-refractivity contribution is 5.97. The highest BCUT2D eigenvalue weighted by Gasteiger charge is 2.63. The summed E-state index contributed by atoms with van der Waals surface area (Å²) in [7, 11) is 0. The molecule has 0 N–H and O–H groups in total. The summed E-state index contributed by atoms with van der Waals surface area (Å²) in [5, 5.41) is 9.96. The molecule has 3 heteroatoms. The quantitative estimate of drug-likeness (QED) is 0.812. The van der Waals surface area contributed by atoms with Gasteiger partial charge in [0.15, 0.2) is 0 Å². The average Bonchev–Trinajstić information content (AvgIpc) is 3.34. The van der Waals surface area contributed by atoms with Gasteiger partial charge in [-0.25, -0.2) is 4.99 Å². The van der Waals surface area contributed by atoms with E-state index >= 15 is 0 Å². The number of nitriles is 1. The van der Waals surface area contributed by atoms with Gasteiger partial charge in [-0.2, -0.15) is 5.26 Å². The van der Waals surface area contributed by atoms with E-state index in [4.69, 9.17) is 9.73 Å². The van der Waals surface area contributed by atoms with Crippen molar-refractivity contribution >= 4 is 5.90 Å². The van der Waals surface area contributed by atoms with Gasteiger partial charge in [-0.3, -0.25) is 0 Å². The molecular formula is C22H22N2O. The van der Waals surface area contributed by atoms with Gasteiger partial charge in [-0.05, 0) is 60.8 Å². The van der Waals surface area contributed by atoms with Crippen molar-refractivity contribution in [3.63, 3.8) is 0 Å². The molecule has 1 heterocycles. The number of hydrogen-bond donors (Lipinski definition) is 0. The van der Waals surface area contributed by atoms with E-state index in [0.717, 1.165) is 35.1 Å². The van der Waals surface area contributed by atoms with E-state index in [-0.39, 0.29) is 6.04 Å². The zero-order valence-electron chi connectivity index (χ0n) is 14.3. The Bertz CT molecular complexity index is 813. The van der Waals surface area contributed by atoms with Crippen molar-refractivity contribution in [3.05, 3.63) is 47.0 Å². The molecular weight excluding hydrogens is 308 g/mol. The Morgan fingerprint density at radius 1 is 0.920 bits per heavy atom. The maximum absolute atomic E-state index is 9.96. The zero-order chi connectivity index (χ0) is 16.5. The number of aliphatic imine (C=N–C) groups is 1. The van der Waals surface area contributed by atoms with Crippen LogP contribution in [-0.4, -0.2) is 12.5 Å². The van der Waals surface area contributed by atoms with Gasteiger partial charge in [0, 0.05) is 17.1 Å². The normalized spacial score (nSPS) is 43.2. The topological polar surface area (TPSA) is 45.4 Å². The van der Waals surface area contributed by atoms with Crippen LogP contribution in [0, 0.1) is 46.8 Å². The van der Waals surface area contributed by atoms with Gasteiger partial charge < -0.3 is 4.74 Å². The Hall–Kier alpha value is -2.08. The number of hydrogen-bond acceptors (Lipinski definition) is 3. The Labute approximate surface area is 148 Å². The van der Waals surface area contributed by atoms with Crippen molar-refractivity contribution in [1.29, 1.82) is 5.26 Å². The molecule has 4 unspecified atom stereocenters. The molecule has 0 spiro atoms. The number of rotatable bonds is 2. The van der Waals surface area contributed by atoms with Gasteiger partial charge >= 0.3 is 0 Å². The molecule has 1 aromatic rings. The third kappa shape index (κ3) is 1.73. The van der Waals surface area contributed by atoms with Gasteiger partial charge in [-0.1, -0.05) is 30.3 Å². The summed E-state index contributed by atoms with van der Waals surface area (Å²) in [5.74, 6) is 4.94. The van der Waals surface area contributed by atoms with Gasteiger partial charge in [-0.15, -0.1) is 0 Å². The van der Waals surface area contributed by atoms with Crippen LogP contribution < -0.4 is 0 Å². The molecule has 3 saturated carbocycles. The molecule has 5 aliphatic carbocycles. The fourth-order valence-corrected chi connectivity index (χ4v) is 7.02. The van der Waals surface area contributed by atoms with Crippen LogP contribution in [0.1, 0.15) is 37.3 Å². The van der Waals surface area contributed by atoms with Crippen LogP contribution >= 0.6 is 0 Å². The third-order valence-electron chi connectivity index (χ3n) is 7.75. The maximum Gasteiger partial charge on any atom is 0.214 e. The van der Waals surface area contributed by atoms with Crippen molar-refractivity contribution in [2.24, 2.45) is 40.5 Å². The molecule has 3 fully saturated rings. The minimum absolute atomic E-state index is 0.0819.